The van der Waals surface area contributed by atoms with Crippen LogP contribution in [-0.2, 0) is 16.3 Å². The summed E-state index contributed by atoms with van der Waals surface area (Å²) < 4.78 is 24.3. The summed E-state index contributed by atoms with van der Waals surface area (Å²) in [5.74, 6) is 0.314. The van der Waals surface area contributed by atoms with Crippen LogP contribution in [0.1, 0.15) is 24.8 Å². The maximum atomic E-state index is 12.1. The Hall–Kier alpha value is -0.870. The van der Waals surface area contributed by atoms with Gasteiger partial charge >= 0.3 is 0 Å². The van der Waals surface area contributed by atoms with E-state index in [0.717, 1.165) is 32.2 Å². The van der Waals surface area contributed by atoms with E-state index in [-0.39, 0.29) is 5.25 Å². The van der Waals surface area contributed by atoms with Gasteiger partial charge in [-0.15, -0.1) is 0 Å². The second kappa shape index (κ2) is 6.34. The van der Waals surface area contributed by atoms with E-state index in [0.29, 0.717) is 12.3 Å². The minimum absolute atomic E-state index is 0.165. The SMILES string of the molecule is O=S(=O)(CCCc1ccccc1)C1CCCNC1. The lowest BCUT2D eigenvalue weighted by Crippen LogP contribution is -2.39. The van der Waals surface area contributed by atoms with Gasteiger partial charge in [-0.2, -0.15) is 0 Å². The van der Waals surface area contributed by atoms with Crippen LogP contribution in [0.2, 0.25) is 0 Å². The molecule has 3 nitrogen and oxygen atoms in total. The highest BCUT2D eigenvalue weighted by Gasteiger charge is 2.26. The molecule has 1 saturated heterocycles. The van der Waals surface area contributed by atoms with Crippen LogP contribution in [0.25, 0.3) is 0 Å². The Bertz CT molecular complexity index is 450. The van der Waals surface area contributed by atoms with E-state index in [1.54, 1.807) is 0 Å². The van der Waals surface area contributed by atoms with Gasteiger partial charge < -0.3 is 5.32 Å². The van der Waals surface area contributed by atoms with Crippen LogP contribution in [0.3, 0.4) is 0 Å². The van der Waals surface area contributed by atoms with E-state index in [9.17, 15) is 8.42 Å². The van der Waals surface area contributed by atoms with Crippen molar-refractivity contribution in [2.45, 2.75) is 30.9 Å². The molecule has 0 spiro atoms. The van der Waals surface area contributed by atoms with Gasteiger partial charge in [0.1, 0.15) is 0 Å². The molecule has 1 atom stereocenters. The van der Waals surface area contributed by atoms with Crippen LogP contribution in [-0.4, -0.2) is 32.5 Å². The van der Waals surface area contributed by atoms with Crippen LogP contribution in [0.4, 0.5) is 0 Å². The summed E-state index contributed by atoms with van der Waals surface area (Å²) in [6.07, 6.45) is 3.37. The molecular weight excluding hydrogens is 246 g/mol. The average Bonchev–Trinajstić information content (AvgIpc) is 2.41. The molecule has 1 aromatic carbocycles. The summed E-state index contributed by atoms with van der Waals surface area (Å²) >= 11 is 0. The first-order valence-electron chi connectivity index (χ1n) is 6.65. The fourth-order valence-electron chi connectivity index (χ4n) is 2.42. The molecule has 0 aliphatic carbocycles. The van der Waals surface area contributed by atoms with Crippen molar-refractivity contribution in [2.24, 2.45) is 0 Å². The lowest BCUT2D eigenvalue weighted by Gasteiger charge is -2.22. The second-order valence-corrected chi connectivity index (χ2v) is 7.33. The lowest BCUT2D eigenvalue weighted by molar-refractivity contribution is 0.496. The van der Waals surface area contributed by atoms with Gasteiger partial charge in [0.05, 0.1) is 11.0 Å². The largest absolute Gasteiger partial charge is 0.315 e. The van der Waals surface area contributed by atoms with Crippen molar-refractivity contribution >= 4 is 9.84 Å². The number of piperidine rings is 1. The normalized spacial score (nSPS) is 20.8. The fourth-order valence-corrected chi connectivity index (χ4v) is 4.19. The number of benzene rings is 1. The molecule has 1 aliphatic rings. The summed E-state index contributed by atoms with van der Waals surface area (Å²) in [6.45, 7) is 1.59. The predicted octanol–water partition coefficient (Wildman–Crippen LogP) is 1.79. The van der Waals surface area contributed by atoms with Gasteiger partial charge in [0.25, 0.3) is 0 Å². The summed E-state index contributed by atoms with van der Waals surface area (Å²) in [7, 11) is -2.92. The number of hydrogen-bond donors (Lipinski definition) is 1. The number of rotatable bonds is 5. The number of aryl methyl sites for hydroxylation is 1. The average molecular weight is 267 g/mol. The third kappa shape index (κ3) is 3.82. The second-order valence-electron chi connectivity index (χ2n) is 4.92. The first-order chi connectivity index (χ1) is 8.68. The molecule has 0 aromatic heterocycles. The topological polar surface area (TPSA) is 46.2 Å². The van der Waals surface area contributed by atoms with Crippen molar-refractivity contribution in [3.8, 4) is 0 Å². The molecule has 1 heterocycles. The molecule has 0 saturated carbocycles. The Morgan fingerprint density at radius 1 is 1.22 bits per heavy atom. The van der Waals surface area contributed by atoms with E-state index in [1.807, 2.05) is 18.2 Å². The minimum atomic E-state index is -2.92. The molecule has 1 fully saturated rings. The van der Waals surface area contributed by atoms with Crippen LogP contribution >= 0.6 is 0 Å². The van der Waals surface area contributed by atoms with Gasteiger partial charge in [0, 0.05) is 6.54 Å². The van der Waals surface area contributed by atoms with Gasteiger partial charge in [0.15, 0.2) is 9.84 Å². The predicted molar refractivity (Wildman–Crippen MR) is 74.4 cm³/mol. The van der Waals surface area contributed by atoms with E-state index >= 15 is 0 Å². The van der Waals surface area contributed by atoms with E-state index in [1.165, 1.54) is 5.56 Å². The third-order valence-corrected chi connectivity index (χ3v) is 5.77. The first kappa shape index (κ1) is 13.6. The van der Waals surface area contributed by atoms with Crippen molar-refractivity contribution in [1.82, 2.24) is 5.32 Å². The molecule has 18 heavy (non-hydrogen) atoms. The molecule has 0 bridgehead atoms. The number of sulfone groups is 1. The van der Waals surface area contributed by atoms with Crippen molar-refractivity contribution in [1.29, 1.82) is 0 Å². The van der Waals surface area contributed by atoms with Gasteiger partial charge in [-0.05, 0) is 37.8 Å². The molecular formula is C14H21NO2S. The Morgan fingerprint density at radius 3 is 2.67 bits per heavy atom. The monoisotopic (exact) mass is 267 g/mol. The number of hydrogen-bond acceptors (Lipinski definition) is 3. The minimum Gasteiger partial charge on any atom is -0.315 e. The van der Waals surface area contributed by atoms with Crippen LogP contribution in [0.5, 0.6) is 0 Å². The van der Waals surface area contributed by atoms with Gasteiger partial charge in [-0.25, -0.2) is 8.42 Å². The standard InChI is InChI=1S/C14H21NO2S/c16-18(17,14-9-4-10-15-12-14)11-5-8-13-6-2-1-3-7-13/h1-3,6-7,14-15H,4-5,8-12H2. The zero-order valence-electron chi connectivity index (χ0n) is 10.6. The van der Waals surface area contributed by atoms with E-state index in [2.05, 4.69) is 17.4 Å². The smallest absolute Gasteiger partial charge is 0.154 e. The van der Waals surface area contributed by atoms with Crippen molar-refractivity contribution in [3.63, 3.8) is 0 Å². The maximum absolute atomic E-state index is 12.1. The van der Waals surface area contributed by atoms with Crippen LogP contribution in [0.15, 0.2) is 30.3 Å². The molecule has 0 radical (unpaired) electrons. The quantitative estimate of drug-likeness (QED) is 0.884. The molecule has 2 rings (SSSR count). The van der Waals surface area contributed by atoms with Crippen molar-refractivity contribution in [2.75, 3.05) is 18.8 Å². The summed E-state index contributed by atoms with van der Waals surface area (Å²) in [6, 6.07) is 10.1. The highest BCUT2D eigenvalue weighted by Crippen LogP contribution is 2.14. The summed E-state index contributed by atoms with van der Waals surface area (Å²) in [4.78, 5) is 0. The van der Waals surface area contributed by atoms with Gasteiger partial charge in [-0.3, -0.25) is 0 Å². The molecule has 1 unspecified atom stereocenters. The molecule has 4 heteroatoms. The lowest BCUT2D eigenvalue weighted by atomic mass is 10.1. The first-order valence-corrected chi connectivity index (χ1v) is 8.36. The molecule has 1 N–H and O–H groups in total. The Morgan fingerprint density at radius 2 is 2.00 bits per heavy atom. The molecule has 0 amide bonds. The van der Waals surface area contributed by atoms with E-state index in [4.69, 9.17) is 0 Å². The zero-order valence-corrected chi connectivity index (χ0v) is 11.5. The highest BCUT2D eigenvalue weighted by molar-refractivity contribution is 7.92. The fraction of sp³-hybridized carbons (Fsp3) is 0.571. The summed E-state index contributed by atoms with van der Waals surface area (Å²) in [5.41, 5.74) is 1.22. The maximum Gasteiger partial charge on any atom is 0.154 e. The zero-order chi connectivity index (χ0) is 12.8. The molecule has 100 valence electrons. The van der Waals surface area contributed by atoms with E-state index < -0.39 is 9.84 Å². The van der Waals surface area contributed by atoms with Crippen LogP contribution < -0.4 is 5.32 Å². The molecule has 1 aliphatic heterocycles. The molecule has 1 aromatic rings. The third-order valence-electron chi connectivity index (χ3n) is 3.50. The Balaban J connectivity index is 1.82. The summed E-state index contributed by atoms with van der Waals surface area (Å²) in [5, 5.41) is 3.01. The number of nitrogens with one attached hydrogen (secondary N) is 1. The van der Waals surface area contributed by atoms with Crippen LogP contribution in [0, 0.1) is 0 Å². The highest BCUT2D eigenvalue weighted by atomic mass is 32.2. The van der Waals surface area contributed by atoms with Crippen molar-refractivity contribution < 1.29 is 8.42 Å². The van der Waals surface area contributed by atoms with Gasteiger partial charge in [0.2, 0.25) is 0 Å². The Labute approximate surface area is 110 Å². The van der Waals surface area contributed by atoms with Crippen molar-refractivity contribution in [3.05, 3.63) is 35.9 Å². The Kier molecular flexibility index (Phi) is 4.78. The van der Waals surface area contributed by atoms with Gasteiger partial charge in [-0.1, -0.05) is 30.3 Å².